The van der Waals surface area contributed by atoms with Gasteiger partial charge in [-0.25, -0.2) is 4.98 Å². The van der Waals surface area contributed by atoms with E-state index < -0.39 is 0 Å². The number of anilines is 1. The molecule has 3 unspecified atom stereocenters. The van der Waals surface area contributed by atoms with Gasteiger partial charge in [0.2, 0.25) is 5.91 Å². The van der Waals surface area contributed by atoms with Gasteiger partial charge in [-0.1, -0.05) is 6.07 Å². The van der Waals surface area contributed by atoms with Gasteiger partial charge in [-0.3, -0.25) is 9.20 Å². The summed E-state index contributed by atoms with van der Waals surface area (Å²) in [6, 6.07) is 4.01. The predicted octanol–water partition coefficient (Wildman–Crippen LogP) is 2.22. The third-order valence-corrected chi connectivity index (χ3v) is 5.10. The number of fused-ring (bicyclic) bond motifs is 1. The van der Waals surface area contributed by atoms with Gasteiger partial charge in [0.1, 0.15) is 11.5 Å². The molecular weight excluding hydrogens is 276 g/mol. The smallest absolute Gasteiger partial charge is 0.228 e. The van der Waals surface area contributed by atoms with Crippen molar-refractivity contribution in [1.82, 2.24) is 14.7 Å². The number of aryl methyl sites for hydroxylation is 1. The van der Waals surface area contributed by atoms with E-state index >= 15 is 0 Å². The Labute approximate surface area is 130 Å². The average Bonchev–Trinajstić information content (AvgIpc) is 3.25. The molecule has 2 aliphatic rings. The van der Waals surface area contributed by atoms with Crippen LogP contribution in [0.2, 0.25) is 0 Å². The first kappa shape index (κ1) is 13.8. The molecule has 5 nitrogen and oxygen atoms in total. The third-order valence-electron chi connectivity index (χ3n) is 5.10. The molecule has 0 spiro atoms. The summed E-state index contributed by atoms with van der Waals surface area (Å²) in [6.45, 7) is 4.23. The number of piperidine rings is 1. The Morgan fingerprint density at radius 3 is 3.23 bits per heavy atom. The van der Waals surface area contributed by atoms with Crippen LogP contribution in [0.15, 0.2) is 24.5 Å². The lowest BCUT2D eigenvalue weighted by Crippen LogP contribution is -2.32. The Kier molecular flexibility index (Phi) is 3.37. The number of carbonyl (C=O) groups is 1. The Balaban J connectivity index is 1.45. The molecule has 1 aliphatic carbocycles. The van der Waals surface area contributed by atoms with Crippen LogP contribution in [0, 0.1) is 24.7 Å². The SMILES string of the molecule is Cc1cccn2c(NC(=O)C3CC3C3CCCNC3)cnc12. The number of carbonyl (C=O) groups excluding carboxylic acids is 1. The van der Waals surface area contributed by atoms with Gasteiger partial charge in [-0.05, 0) is 62.7 Å². The third kappa shape index (κ3) is 2.39. The molecule has 4 rings (SSSR count). The number of nitrogens with one attached hydrogen (secondary N) is 2. The van der Waals surface area contributed by atoms with Crippen molar-refractivity contribution < 1.29 is 4.79 Å². The van der Waals surface area contributed by atoms with Gasteiger partial charge in [0, 0.05) is 12.1 Å². The van der Waals surface area contributed by atoms with Crippen molar-refractivity contribution in [1.29, 1.82) is 0 Å². The number of aromatic nitrogens is 2. The second kappa shape index (κ2) is 5.39. The zero-order valence-electron chi connectivity index (χ0n) is 12.9. The van der Waals surface area contributed by atoms with Gasteiger partial charge in [-0.2, -0.15) is 0 Å². The summed E-state index contributed by atoms with van der Waals surface area (Å²) < 4.78 is 1.95. The first-order valence-corrected chi connectivity index (χ1v) is 8.18. The summed E-state index contributed by atoms with van der Waals surface area (Å²) in [6.07, 6.45) is 7.23. The Bertz CT molecular complexity index is 702. The molecule has 0 aromatic carbocycles. The number of imidazole rings is 1. The lowest BCUT2D eigenvalue weighted by molar-refractivity contribution is -0.117. The molecule has 3 atom stereocenters. The summed E-state index contributed by atoms with van der Waals surface area (Å²) in [7, 11) is 0. The minimum absolute atomic E-state index is 0.152. The van der Waals surface area contributed by atoms with E-state index in [2.05, 4.69) is 15.6 Å². The molecule has 1 amide bonds. The molecule has 22 heavy (non-hydrogen) atoms. The van der Waals surface area contributed by atoms with E-state index in [4.69, 9.17) is 0 Å². The van der Waals surface area contributed by atoms with Gasteiger partial charge in [-0.15, -0.1) is 0 Å². The highest BCUT2D eigenvalue weighted by Crippen LogP contribution is 2.46. The molecule has 1 aliphatic heterocycles. The summed E-state index contributed by atoms with van der Waals surface area (Å²) in [4.78, 5) is 16.9. The number of rotatable bonds is 3. The quantitative estimate of drug-likeness (QED) is 0.913. The molecule has 116 valence electrons. The van der Waals surface area contributed by atoms with Gasteiger partial charge >= 0.3 is 0 Å². The highest BCUT2D eigenvalue weighted by atomic mass is 16.2. The standard InChI is InChI=1S/C17H22N4O/c1-11-4-3-7-21-15(10-19-16(11)21)20-17(22)14-8-13(14)12-5-2-6-18-9-12/h3-4,7,10,12-14,18H,2,5-6,8-9H2,1H3,(H,20,22). The Morgan fingerprint density at radius 2 is 2.41 bits per heavy atom. The minimum Gasteiger partial charge on any atom is -0.316 e. The second-order valence-electron chi connectivity index (χ2n) is 6.63. The number of hydrogen-bond donors (Lipinski definition) is 2. The zero-order chi connectivity index (χ0) is 15.1. The second-order valence-corrected chi connectivity index (χ2v) is 6.63. The molecular formula is C17H22N4O. The van der Waals surface area contributed by atoms with Crippen LogP contribution in [0.4, 0.5) is 5.82 Å². The lowest BCUT2D eigenvalue weighted by atomic mass is 9.93. The molecule has 1 saturated carbocycles. The highest BCUT2D eigenvalue weighted by Gasteiger charge is 2.47. The van der Waals surface area contributed by atoms with Crippen LogP contribution < -0.4 is 10.6 Å². The largest absolute Gasteiger partial charge is 0.316 e. The zero-order valence-corrected chi connectivity index (χ0v) is 12.9. The van der Waals surface area contributed by atoms with Crippen LogP contribution in [0.25, 0.3) is 5.65 Å². The van der Waals surface area contributed by atoms with E-state index in [0.717, 1.165) is 36.5 Å². The van der Waals surface area contributed by atoms with Crippen LogP contribution in [-0.4, -0.2) is 28.4 Å². The average molecular weight is 298 g/mol. The van der Waals surface area contributed by atoms with Gasteiger partial charge in [0.25, 0.3) is 0 Å². The first-order chi connectivity index (χ1) is 10.7. The fourth-order valence-corrected chi connectivity index (χ4v) is 3.74. The molecule has 1 saturated heterocycles. The van der Waals surface area contributed by atoms with E-state index in [9.17, 15) is 4.79 Å². The molecule has 2 aromatic heterocycles. The van der Waals surface area contributed by atoms with Crippen LogP contribution >= 0.6 is 0 Å². The minimum atomic E-state index is 0.152. The maximum atomic E-state index is 12.5. The number of pyridine rings is 1. The Hall–Kier alpha value is -1.88. The summed E-state index contributed by atoms with van der Waals surface area (Å²) >= 11 is 0. The van der Waals surface area contributed by atoms with E-state index in [1.165, 1.54) is 12.8 Å². The molecule has 2 N–H and O–H groups in total. The normalized spacial score (nSPS) is 27.8. The van der Waals surface area contributed by atoms with Gasteiger partial charge in [0.15, 0.2) is 0 Å². The van der Waals surface area contributed by atoms with E-state index in [-0.39, 0.29) is 11.8 Å². The molecule has 5 heteroatoms. The summed E-state index contributed by atoms with van der Waals surface area (Å²) in [5.41, 5.74) is 2.02. The molecule has 2 fully saturated rings. The van der Waals surface area contributed by atoms with Crippen LogP contribution in [-0.2, 0) is 4.79 Å². The number of amides is 1. The van der Waals surface area contributed by atoms with Crippen molar-refractivity contribution in [3.8, 4) is 0 Å². The summed E-state index contributed by atoms with van der Waals surface area (Å²) in [5, 5.41) is 6.51. The van der Waals surface area contributed by atoms with E-state index in [1.54, 1.807) is 6.20 Å². The predicted molar refractivity (Wildman–Crippen MR) is 85.7 cm³/mol. The first-order valence-electron chi connectivity index (χ1n) is 8.18. The molecule has 0 radical (unpaired) electrons. The van der Waals surface area contributed by atoms with E-state index in [0.29, 0.717) is 11.8 Å². The monoisotopic (exact) mass is 298 g/mol. The van der Waals surface area contributed by atoms with Crippen LogP contribution in [0.1, 0.15) is 24.8 Å². The van der Waals surface area contributed by atoms with Crippen LogP contribution in [0.5, 0.6) is 0 Å². The molecule has 2 aromatic rings. The maximum absolute atomic E-state index is 12.5. The molecule has 0 bridgehead atoms. The van der Waals surface area contributed by atoms with Crippen molar-refractivity contribution in [2.24, 2.45) is 17.8 Å². The number of nitrogens with zero attached hydrogens (tertiary/aromatic N) is 2. The molecule has 3 heterocycles. The van der Waals surface area contributed by atoms with Gasteiger partial charge in [0.05, 0.1) is 6.20 Å². The van der Waals surface area contributed by atoms with Crippen molar-refractivity contribution in [2.45, 2.75) is 26.2 Å². The van der Waals surface area contributed by atoms with Crippen molar-refractivity contribution >= 4 is 17.4 Å². The lowest BCUT2D eigenvalue weighted by Gasteiger charge is -2.22. The fourth-order valence-electron chi connectivity index (χ4n) is 3.74. The van der Waals surface area contributed by atoms with Crippen molar-refractivity contribution in [3.63, 3.8) is 0 Å². The fraction of sp³-hybridized carbons (Fsp3) is 0.529. The Morgan fingerprint density at radius 1 is 1.50 bits per heavy atom. The van der Waals surface area contributed by atoms with Crippen molar-refractivity contribution in [3.05, 3.63) is 30.1 Å². The van der Waals surface area contributed by atoms with Crippen molar-refractivity contribution in [2.75, 3.05) is 18.4 Å². The topological polar surface area (TPSA) is 58.4 Å². The highest BCUT2D eigenvalue weighted by molar-refractivity contribution is 5.94. The maximum Gasteiger partial charge on any atom is 0.228 e. The number of hydrogen-bond acceptors (Lipinski definition) is 3. The summed E-state index contributed by atoms with van der Waals surface area (Å²) in [5.74, 6) is 2.35. The van der Waals surface area contributed by atoms with Crippen LogP contribution in [0.3, 0.4) is 0 Å². The van der Waals surface area contributed by atoms with Gasteiger partial charge < -0.3 is 10.6 Å². The van der Waals surface area contributed by atoms with E-state index in [1.807, 2.05) is 29.7 Å².